The standard InChI is InChI=1S/C19H19BrFNO3/c1-2-10-25-19(24)14-7-5-8-15(11-14)22-18(23)16(20)12-13-6-3-4-9-17(13)21/h3-9,11,16H,2,10,12H2,1H3,(H,22,23). The van der Waals surface area contributed by atoms with Gasteiger partial charge in [-0.25, -0.2) is 9.18 Å². The van der Waals surface area contributed by atoms with Crippen LogP contribution in [0, 0.1) is 5.82 Å². The number of ether oxygens (including phenoxy) is 1. The molecule has 0 heterocycles. The molecular formula is C19H19BrFNO3. The van der Waals surface area contributed by atoms with Crippen LogP contribution in [0.1, 0.15) is 29.3 Å². The lowest BCUT2D eigenvalue weighted by Gasteiger charge is -2.12. The van der Waals surface area contributed by atoms with Crippen LogP contribution in [0.2, 0.25) is 0 Å². The van der Waals surface area contributed by atoms with Crippen LogP contribution in [0.15, 0.2) is 48.5 Å². The molecule has 0 saturated carbocycles. The van der Waals surface area contributed by atoms with Crippen molar-refractivity contribution in [3.05, 3.63) is 65.5 Å². The number of nitrogens with one attached hydrogen (secondary N) is 1. The Morgan fingerprint density at radius 3 is 2.68 bits per heavy atom. The minimum absolute atomic E-state index is 0.219. The number of halogens is 2. The summed E-state index contributed by atoms with van der Waals surface area (Å²) in [5, 5.41) is 2.72. The molecule has 0 aliphatic carbocycles. The molecule has 6 heteroatoms. The van der Waals surface area contributed by atoms with Crippen molar-refractivity contribution in [3.63, 3.8) is 0 Å². The topological polar surface area (TPSA) is 55.4 Å². The predicted octanol–water partition coefficient (Wildman–Crippen LogP) is 4.34. The van der Waals surface area contributed by atoms with Crippen LogP contribution in [0.4, 0.5) is 10.1 Å². The monoisotopic (exact) mass is 407 g/mol. The Morgan fingerprint density at radius 2 is 1.96 bits per heavy atom. The molecule has 0 aliphatic heterocycles. The van der Waals surface area contributed by atoms with Crippen molar-refractivity contribution in [2.24, 2.45) is 0 Å². The molecule has 0 aliphatic rings. The molecule has 0 aromatic heterocycles. The summed E-state index contributed by atoms with van der Waals surface area (Å²) in [5.41, 5.74) is 1.30. The third kappa shape index (κ3) is 5.67. The van der Waals surface area contributed by atoms with Gasteiger partial charge in [0.1, 0.15) is 5.82 Å². The number of carbonyl (C=O) groups is 2. The molecule has 2 aromatic carbocycles. The van der Waals surface area contributed by atoms with E-state index in [2.05, 4.69) is 21.2 Å². The van der Waals surface area contributed by atoms with Gasteiger partial charge in [0, 0.05) is 5.69 Å². The van der Waals surface area contributed by atoms with Crippen LogP contribution in [0.5, 0.6) is 0 Å². The molecule has 25 heavy (non-hydrogen) atoms. The van der Waals surface area contributed by atoms with E-state index < -0.39 is 10.8 Å². The average molecular weight is 408 g/mol. The maximum Gasteiger partial charge on any atom is 0.338 e. The van der Waals surface area contributed by atoms with Gasteiger partial charge in [-0.15, -0.1) is 0 Å². The fourth-order valence-electron chi connectivity index (χ4n) is 2.17. The fourth-order valence-corrected chi connectivity index (χ4v) is 2.64. The van der Waals surface area contributed by atoms with Crippen molar-refractivity contribution < 1.29 is 18.7 Å². The number of amides is 1. The van der Waals surface area contributed by atoms with E-state index >= 15 is 0 Å². The summed E-state index contributed by atoms with van der Waals surface area (Å²) in [7, 11) is 0. The zero-order valence-corrected chi connectivity index (χ0v) is 15.4. The van der Waals surface area contributed by atoms with Crippen LogP contribution in [-0.4, -0.2) is 23.3 Å². The summed E-state index contributed by atoms with van der Waals surface area (Å²) >= 11 is 3.28. The maximum atomic E-state index is 13.7. The van der Waals surface area contributed by atoms with Crippen molar-refractivity contribution in [2.75, 3.05) is 11.9 Å². The molecule has 1 amide bonds. The summed E-state index contributed by atoms with van der Waals surface area (Å²) in [5.74, 6) is -1.09. The Kier molecular flexibility index (Phi) is 7.13. The summed E-state index contributed by atoms with van der Waals surface area (Å²) in [6, 6.07) is 12.8. The first-order chi connectivity index (χ1) is 12.0. The van der Waals surface area contributed by atoms with Crippen LogP contribution < -0.4 is 5.32 Å². The highest BCUT2D eigenvalue weighted by Crippen LogP contribution is 2.17. The van der Waals surface area contributed by atoms with Gasteiger partial charge in [-0.1, -0.05) is 47.1 Å². The molecule has 2 rings (SSSR count). The third-order valence-electron chi connectivity index (χ3n) is 3.44. The fraction of sp³-hybridized carbons (Fsp3) is 0.263. The maximum absolute atomic E-state index is 13.7. The van der Waals surface area contributed by atoms with E-state index in [0.717, 1.165) is 6.42 Å². The molecule has 1 unspecified atom stereocenters. The Balaban J connectivity index is 2.00. The largest absolute Gasteiger partial charge is 0.462 e. The molecule has 1 N–H and O–H groups in total. The number of hydrogen-bond donors (Lipinski definition) is 1. The number of rotatable bonds is 7. The Labute approximate surface area is 154 Å². The molecule has 0 radical (unpaired) electrons. The van der Waals surface area contributed by atoms with E-state index in [0.29, 0.717) is 23.4 Å². The van der Waals surface area contributed by atoms with Gasteiger partial charge in [0.25, 0.3) is 0 Å². The zero-order valence-electron chi connectivity index (χ0n) is 13.8. The highest BCUT2D eigenvalue weighted by molar-refractivity contribution is 9.10. The highest BCUT2D eigenvalue weighted by Gasteiger charge is 2.18. The Morgan fingerprint density at radius 1 is 1.20 bits per heavy atom. The van der Waals surface area contributed by atoms with E-state index in [4.69, 9.17) is 4.74 Å². The van der Waals surface area contributed by atoms with Gasteiger partial charge < -0.3 is 10.1 Å². The van der Waals surface area contributed by atoms with Crippen molar-refractivity contribution in [2.45, 2.75) is 24.6 Å². The molecular weight excluding hydrogens is 389 g/mol. The summed E-state index contributed by atoms with van der Waals surface area (Å²) < 4.78 is 18.8. The first kappa shape index (κ1) is 19.1. The van der Waals surface area contributed by atoms with Gasteiger partial charge in [0.05, 0.1) is 17.0 Å². The summed E-state index contributed by atoms with van der Waals surface area (Å²) in [4.78, 5) is 23.6. The van der Waals surface area contributed by atoms with Crippen molar-refractivity contribution >= 4 is 33.5 Å². The molecule has 0 saturated heterocycles. The number of benzene rings is 2. The third-order valence-corrected chi connectivity index (χ3v) is 4.18. The van der Waals surface area contributed by atoms with Gasteiger partial charge in [-0.3, -0.25) is 4.79 Å². The number of alkyl halides is 1. The van der Waals surface area contributed by atoms with Gasteiger partial charge in [0.15, 0.2) is 0 Å². The predicted molar refractivity (Wildman–Crippen MR) is 98.5 cm³/mol. The molecule has 0 fully saturated rings. The van der Waals surface area contributed by atoms with Crippen molar-refractivity contribution in [1.29, 1.82) is 0 Å². The minimum Gasteiger partial charge on any atom is -0.462 e. The quantitative estimate of drug-likeness (QED) is 0.548. The van der Waals surface area contributed by atoms with Crippen LogP contribution in [0.3, 0.4) is 0 Å². The van der Waals surface area contributed by atoms with E-state index in [1.807, 2.05) is 6.92 Å². The van der Waals surface area contributed by atoms with Gasteiger partial charge >= 0.3 is 5.97 Å². The number of carbonyl (C=O) groups excluding carboxylic acids is 2. The van der Waals surface area contributed by atoms with E-state index in [9.17, 15) is 14.0 Å². The zero-order chi connectivity index (χ0) is 18.2. The van der Waals surface area contributed by atoms with Crippen LogP contribution >= 0.6 is 15.9 Å². The smallest absolute Gasteiger partial charge is 0.338 e. The highest BCUT2D eigenvalue weighted by atomic mass is 79.9. The summed E-state index contributed by atoms with van der Waals surface area (Å²) in [6.45, 7) is 2.26. The Bertz CT molecular complexity index is 751. The van der Waals surface area contributed by atoms with Gasteiger partial charge in [-0.05, 0) is 42.7 Å². The Hall–Kier alpha value is -2.21. The number of anilines is 1. The van der Waals surface area contributed by atoms with Crippen LogP contribution in [0.25, 0.3) is 0 Å². The molecule has 0 bridgehead atoms. The second-order valence-electron chi connectivity index (χ2n) is 5.47. The van der Waals surface area contributed by atoms with Crippen LogP contribution in [-0.2, 0) is 16.0 Å². The second-order valence-corrected chi connectivity index (χ2v) is 6.57. The molecule has 0 spiro atoms. The van der Waals surface area contributed by atoms with Gasteiger partial charge in [0.2, 0.25) is 5.91 Å². The van der Waals surface area contributed by atoms with Crippen molar-refractivity contribution in [3.8, 4) is 0 Å². The lowest BCUT2D eigenvalue weighted by atomic mass is 10.1. The first-order valence-corrected chi connectivity index (χ1v) is 8.88. The number of hydrogen-bond acceptors (Lipinski definition) is 3. The molecule has 132 valence electrons. The lowest BCUT2D eigenvalue weighted by Crippen LogP contribution is -2.25. The number of esters is 1. The first-order valence-electron chi connectivity index (χ1n) is 7.96. The lowest BCUT2D eigenvalue weighted by molar-refractivity contribution is -0.115. The van der Waals surface area contributed by atoms with Crippen molar-refractivity contribution in [1.82, 2.24) is 0 Å². The average Bonchev–Trinajstić information content (AvgIpc) is 2.61. The molecule has 1 atom stereocenters. The molecule has 4 nitrogen and oxygen atoms in total. The van der Waals surface area contributed by atoms with E-state index in [-0.39, 0.29) is 18.1 Å². The van der Waals surface area contributed by atoms with E-state index in [1.165, 1.54) is 6.07 Å². The molecule has 2 aromatic rings. The summed E-state index contributed by atoms with van der Waals surface area (Å²) in [6.07, 6.45) is 0.959. The second kappa shape index (κ2) is 9.32. The SMILES string of the molecule is CCCOC(=O)c1cccc(NC(=O)C(Br)Cc2ccccc2F)c1. The van der Waals surface area contributed by atoms with Gasteiger partial charge in [-0.2, -0.15) is 0 Å². The minimum atomic E-state index is -0.597. The van der Waals surface area contributed by atoms with E-state index in [1.54, 1.807) is 42.5 Å². The normalized spacial score (nSPS) is 11.6.